The zero-order chi connectivity index (χ0) is 23.8. The Kier molecular flexibility index (Phi) is 5.79. The molecule has 6 nitrogen and oxygen atoms in total. The highest BCUT2D eigenvalue weighted by Gasteiger charge is 2.40. The minimum atomic E-state index is -4.86. The van der Waals surface area contributed by atoms with Crippen LogP contribution in [0.1, 0.15) is 21.5 Å². The molecule has 10 heteroatoms. The first-order valence-corrected chi connectivity index (χ1v) is 11.4. The second-order valence-corrected chi connectivity index (χ2v) is 9.20. The molecule has 0 radical (unpaired) electrons. The molecule has 4 rings (SSSR count). The minimum Gasteiger partial charge on any atom is -0.493 e. The molecule has 0 saturated carbocycles. The summed E-state index contributed by atoms with van der Waals surface area (Å²) in [5, 5.41) is 0. The number of amides is 1. The number of para-hydroxylation sites is 1. The first-order chi connectivity index (χ1) is 15.6. The van der Waals surface area contributed by atoms with Gasteiger partial charge in [0.05, 0.1) is 17.7 Å². The zero-order valence-electron chi connectivity index (χ0n) is 17.3. The van der Waals surface area contributed by atoms with Crippen LogP contribution in [0.5, 0.6) is 11.5 Å². The summed E-state index contributed by atoms with van der Waals surface area (Å²) in [6.45, 7) is -0.148. The molecule has 0 aliphatic carbocycles. The van der Waals surface area contributed by atoms with Crippen molar-refractivity contribution >= 4 is 21.4 Å². The van der Waals surface area contributed by atoms with Gasteiger partial charge in [0.1, 0.15) is 18.0 Å². The molecular weight excluding hydrogens is 459 g/mol. The van der Waals surface area contributed by atoms with E-state index in [1.54, 1.807) is 36.4 Å². The number of nitrogens with zero attached hydrogens (tertiary/aromatic N) is 1. The number of hydrogen-bond donors (Lipinski definition) is 0. The Morgan fingerprint density at radius 3 is 2.36 bits per heavy atom. The molecule has 3 aromatic rings. The van der Waals surface area contributed by atoms with Crippen LogP contribution in [-0.2, 0) is 22.6 Å². The number of ether oxygens (including phenoxy) is 2. The van der Waals surface area contributed by atoms with Crippen molar-refractivity contribution < 1.29 is 35.9 Å². The number of hydrogen-bond acceptors (Lipinski definition) is 5. The van der Waals surface area contributed by atoms with Gasteiger partial charge in [0.15, 0.2) is 21.3 Å². The highest BCUT2D eigenvalue weighted by Crippen LogP contribution is 2.44. The Bertz CT molecular complexity index is 1310. The SMILES string of the molecule is COc1cc(C(=O)N2CS(=O)(=O)c3ccccc32)cc(C(F)(F)F)c1OCc1ccccc1. The van der Waals surface area contributed by atoms with Crippen LogP contribution in [-0.4, -0.2) is 27.3 Å². The summed E-state index contributed by atoms with van der Waals surface area (Å²) in [6.07, 6.45) is -4.86. The van der Waals surface area contributed by atoms with Crippen molar-refractivity contribution in [1.29, 1.82) is 0 Å². The number of benzene rings is 3. The second kappa shape index (κ2) is 8.43. The minimum absolute atomic E-state index is 0.0517. The number of rotatable bonds is 5. The van der Waals surface area contributed by atoms with Crippen LogP contribution < -0.4 is 14.4 Å². The number of alkyl halides is 3. The largest absolute Gasteiger partial charge is 0.493 e. The molecule has 1 heterocycles. The van der Waals surface area contributed by atoms with Gasteiger partial charge in [-0.05, 0) is 29.8 Å². The van der Waals surface area contributed by atoms with Crippen LogP contribution >= 0.6 is 0 Å². The van der Waals surface area contributed by atoms with Crippen LogP contribution in [0.15, 0.2) is 71.6 Å². The van der Waals surface area contributed by atoms with Crippen LogP contribution in [0.2, 0.25) is 0 Å². The average Bonchev–Trinajstić information content (AvgIpc) is 3.07. The van der Waals surface area contributed by atoms with Crippen molar-refractivity contribution in [2.24, 2.45) is 0 Å². The van der Waals surface area contributed by atoms with E-state index in [9.17, 15) is 26.4 Å². The zero-order valence-corrected chi connectivity index (χ0v) is 18.1. The van der Waals surface area contributed by atoms with Gasteiger partial charge in [0.2, 0.25) is 0 Å². The number of carbonyl (C=O) groups is 1. The smallest absolute Gasteiger partial charge is 0.420 e. The molecule has 0 aromatic heterocycles. The molecule has 0 fully saturated rings. The molecule has 0 N–H and O–H groups in total. The van der Waals surface area contributed by atoms with Crippen LogP contribution in [0.3, 0.4) is 0 Å². The summed E-state index contributed by atoms with van der Waals surface area (Å²) in [4.78, 5) is 14.0. The summed E-state index contributed by atoms with van der Waals surface area (Å²) < 4.78 is 77.1. The Balaban J connectivity index is 1.75. The molecule has 0 unspecified atom stereocenters. The van der Waals surface area contributed by atoms with Crippen LogP contribution in [0.4, 0.5) is 18.9 Å². The van der Waals surface area contributed by atoms with Crippen molar-refractivity contribution in [2.75, 3.05) is 17.9 Å². The van der Waals surface area contributed by atoms with E-state index < -0.39 is 39.1 Å². The first kappa shape index (κ1) is 22.7. The fourth-order valence-corrected chi connectivity index (χ4v) is 5.06. The Morgan fingerprint density at radius 1 is 1.03 bits per heavy atom. The van der Waals surface area contributed by atoms with Crippen LogP contribution in [0.25, 0.3) is 0 Å². The molecular formula is C23H18F3NO5S. The number of carbonyl (C=O) groups excluding carboxylic acids is 1. The fourth-order valence-electron chi connectivity index (χ4n) is 3.54. The van der Waals surface area contributed by atoms with Gasteiger partial charge in [0.25, 0.3) is 5.91 Å². The summed E-state index contributed by atoms with van der Waals surface area (Å²) >= 11 is 0. The number of fused-ring (bicyclic) bond motifs is 1. The Morgan fingerprint density at radius 2 is 1.70 bits per heavy atom. The summed E-state index contributed by atoms with van der Waals surface area (Å²) in [7, 11) is -2.62. The molecule has 0 atom stereocenters. The number of sulfone groups is 1. The number of anilines is 1. The van der Waals surface area contributed by atoms with Crippen molar-refractivity contribution in [1.82, 2.24) is 0 Å². The van der Waals surface area contributed by atoms with E-state index in [1.165, 1.54) is 18.2 Å². The van der Waals surface area contributed by atoms with E-state index in [-0.39, 0.29) is 28.5 Å². The van der Waals surface area contributed by atoms with E-state index in [0.717, 1.165) is 18.1 Å². The molecule has 1 amide bonds. The lowest BCUT2D eigenvalue weighted by atomic mass is 10.1. The summed E-state index contributed by atoms with van der Waals surface area (Å²) in [6, 6.07) is 16.2. The quantitative estimate of drug-likeness (QED) is 0.534. The Hall–Kier alpha value is -3.53. The third kappa shape index (κ3) is 4.38. The third-order valence-electron chi connectivity index (χ3n) is 5.09. The maximum Gasteiger partial charge on any atom is 0.420 e. The van der Waals surface area contributed by atoms with Gasteiger partial charge >= 0.3 is 6.18 Å². The van der Waals surface area contributed by atoms with Gasteiger partial charge in [-0.25, -0.2) is 8.42 Å². The fraction of sp³-hybridized carbons (Fsp3) is 0.174. The van der Waals surface area contributed by atoms with Crippen LogP contribution in [0, 0.1) is 0 Å². The van der Waals surface area contributed by atoms with Gasteiger partial charge < -0.3 is 9.47 Å². The van der Waals surface area contributed by atoms with Gasteiger partial charge in [-0.1, -0.05) is 42.5 Å². The molecule has 1 aliphatic heterocycles. The van der Waals surface area contributed by atoms with Crippen molar-refractivity contribution in [3.8, 4) is 11.5 Å². The van der Waals surface area contributed by atoms with E-state index in [4.69, 9.17) is 9.47 Å². The predicted molar refractivity (Wildman–Crippen MR) is 114 cm³/mol. The lowest BCUT2D eigenvalue weighted by Gasteiger charge is -2.21. The van der Waals surface area contributed by atoms with Gasteiger partial charge in [-0.15, -0.1) is 0 Å². The van der Waals surface area contributed by atoms with E-state index in [1.807, 2.05) is 0 Å². The highest BCUT2D eigenvalue weighted by molar-refractivity contribution is 7.92. The van der Waals surface area contributed by atoms with Gasteiger partial charge in [-0.2, -0.15) is 13.2 Å². The van der Waals surface area contributed by atoms with Gasteiger partial charge in [-0.3, -0.25) is 9.69 Å². The Labute approximate surface area is 188 Å². The molecule has 1 aliphatic rings. The van der Waals surface area contributed by atoms with E-state index in [2.05, 4.69) is 0 Å². The standard InChI is InChI=1S/C23H18F3NO5S/c1-31-19-12-16(22(28)27-14-33(29,30)20-10-6-5-9-18(20)27)11-17(23(24,25)26)21(19)32-13-15-7-3-2-4-8-15/h2-12H,13-14H2,1H3. The molecule has 3 aromatic carbocycles. The highest BCUT2D eigenvalue weighted by atomic mass is 32.2. The molecule has 0 spiro atoms. The first-order valence-electron chi connectivity index (χ1n) is 9.71. The topological polar surface area (TPSA) is 72.9 Å². The van der Waals surface area contributed by atoms with Crippen molar-refractivity contribution in [3.05, 3.63) is 83.4 Å². The summed E-state index contributed by atoms with van der Waals surface area (Å²) in [5.41, 5.74) is -0.819. The predicted octanol–water partition coefficient (Wildman–Crippen LogP) is 4.68. The second-order valence-electron chi connectivity index (χ2n) is 7.27. The number of halogens is 3. The molecule has 33 heavy (non-hydrogen) atoms. The van der Waals surface area contributed by atoms with Gasteiger partial charge in [0, 0.05) is 5.56 Å². The maximum atomic E-state index is 13.9. The lowest BCUT2D eigenvalue weighted by Crippen LogP contribution is -2.30. The lowest BCUT2D eigenvalue weighted by molar-refractivity contribution is -0.139. The maximum absolute atomic E-state index is 13.9. The molecule has 0 saturated heterocycles. The third-order valence-corrected chi connectivity index (χ3v) is 6.70. The van der Waals surface area contributed by atoms with E-state index >= 15 is 0 Å². The average molecular weight is 477 g/mol. The number of methoxy groups -OCH3 is 1. The van der Waals surface area contributed by atoms with E-state index in [0.29, 0.717) is 11.6 Å². The normalized spacial score (nSPS) is 14.6. The molecule has 172 valence electrons. The molecule has 0 bridgehead atoms. The van der Waals surface area contributed by atoms with Crippen molar-refractivity contribution in [2.45, 2.75) is 17.7 Å². The summed E-state index contributed by atoms with van der Waals surface area (Å²) in [5.74, 6) is -2.41. The van der Waals surface area contributed by atoms with Crippen molar-refractivity contribution in [3.63, 3.8) is 0 Å². The monoisotopic (exact) mass is 477 g/mol.